The number of piperidine rings is 1. The third kappa shape index (κ3) is 5.33. The number of hydrogen-bond donors (Lipinski definition) is 0. The van der Waals surface area contributed by atoms with E-state index in [1.165, 1.54) is 23.8 Å². The topological polar surface area (TPSA) is 23.6 Å². The van der Waals surface area contributed by atoms with E-state index in [1.54, 1.807) is 24.3 Å². The Kier molecular flexibility index (Phi) is 7.15. The van der Waals surface area contributed by atoms with Crippen molar-refractivity contribution >= 4 is 11.9 Å². The molecule has 0 spiro atoms. The summed E-state index contributed by atoms with van der Waals surface area (Å²) in [6.45, 7) is 7.75. The van der Waals surface area contributed by atoms with Crippen LogP contribution in [0.5, 0.6) is 0 Å². The number of benzene rings is 2. The molecule has 4 rings (SSSR count). The summed E-state index contributed by atoms with van der Waals surface area (Å²) in [6, 6.07) is 12.4. The first-order valence-electron chi connectivity index (χ1n) is 11.4. The number of hydrogen-bond acceptors (Lipinski definition) is 3. The van der Waals surface area contributed by atoms with Crippen molar-refractivity contribution in [1.29, 1.82) is 0 Å². The first kappa shape index (κ1) is 22.4. The number of likely N-dealkylation sites (tertiary alicyclic amines) is 2. The highest BCUT2D eigenvalue weighted by atomic mass is 19.1. The molecular formula is C27H30F2N2O. The van der Waals surface area contributed by atoms with Crippen molar-refractivity contribution < 1.29 is 13.6 Å². The van der Waals surface area contributed by atoms with Crippen molar-refractivity contribution in [2.75, 3.05) is 26.2 Å². The second-order valence-electron chi connectivity index (χ2n) is 8.71. The summed E-state index contributed by atoms with van der Waals surface area (Å²) in [5.74, 6) is -0.499. The lowest BCUT2D eigenvalue weighted by atomic mass is 9.96. The molecule has 2 aromatic carbocycles. The molecule has 2 aliphatic heterocycles. The number of rotatable bonds is 7. The van der Waals surface area contributed by atoms with Crippen LogP contribution in [0, 0.1) is 11.6 Å². The maximum absolute atomic E-state index is 14.0. The molecule has 0 saturated carbocycles. The summed E-state index contributed by atoms with van der Waals surface area (Å²) < 4.78 is 27.3. The number of carbonyl (C=O) groups excluding carboxylic acids is 1. The van der Waals surface area contributed by atoms with Gasteiger partial charge in [0.25, 0.3) is 0 Å². The molecule has 1 unspecified atom stereocenters. The van der Waals surface area contributed by atoms with Crippen LogP contribution in [0.15, 0.2) is 66.4 Å². The van der Waals surface area contributed by atoms with Crippen molar-refractivity contribution in [3.63, 3.8) is 0 Å². The van der Waals surface area contributed by atoms with Gasteiger partial charge in [-0.2, -0.15) is 0 Å². The van der Waals surface area contributed by atoms with E-state index >= 15 is 0 Å². The summed E-state index contributed by atoms with van der Waals surface area (Å²) in [7, 11) is 0. The minimum absolute atomic E-state index is 0.0326. The van der Waals surface area contributed by atoms with Crippen LogP contribution in [-0.4, -0.2) is 47.8 Å². The highest BCUT2D eigenvalue weighted by Gasteiger charge is 2.31. The number of Topliss-reactive ketones (excluding diaryl/α,β-unsaturated/α-hetero) is 1. The van der Waals surface area contributed by atoms with Gasteiger partial charge in [0, 0.05) is 36.3 Å². The molecule has 3 nitrogen and oxygen atoms in total. The molecule has 32 heavy (non-hydrogen) atoms. The molecule has 0 amide bonds. The minimum atomic E-state index is -0.337. The third-order valence-corrected chi connectivity index (χ3v) is 6.56. The average molecular weight is 437 g/mol. The maximum Gasteiger partial charge on any atom is 0.180 e. The van der Waals surface area contributed by atoms with Crippen LogP contribution in [0.25, 0.3) is 6.08 Å². The summed E-state index contributed by atoms with van der Waals surface area (Å²) in [6.07, 6.45) is 6.42. The highest BCUT2D eigenvalue weighted by molar-refractivity contribution is 6.00. The van der Waals surface area contributed by atoms with Gasteiger partial charge in [-0.3, -0.25) is 9.69 Å². The standard InChI is InChI=1S/C27H30F2N2O/c1-20(30-16-12-21(13-17-30)19-23-6-2-3-7-25(23)29)18-26(31-14-4-5-15-31)27(32)22-8-10-24(28)11-9-22/h2-3,6-11,19,26H,1,4-5,12-18H2. The van der Waals surface area contributed by atoms with Gasteiger partial charge >= 0.3 is 0 Å². The van der Waals surface area contributed by atoms with Crippen LogP contribution in [0.3, 0.4) is 0 Å². The zero-order valence-electron chi connectivity index (χ0n) is 18.4. The van der Waals surface area contributed by atoms with E-state index in [2.05, 4.69) is 16.4 Å². The molecule has 2 fully saturated rings. The predicted octanol–water partition coefficient (Wildman–Crippen LogP) is 5.70. The van der Waals surface area contributed by atoms with Crippen molar-refractivity contribution in [2.45, 2.75) is 38.1 Å². The van der Waals surface area contributed by atoms with E-state index < -0.39 is 0 Å². The number of ketones is 1. The normalized spacial score (nSPS) is 17.9. The molecule has 5 heteroatoms. The molecule has 2 aromatic rings. The number of halogens is 2. The smallest absolute Gasteiger partial charge is 0.180 e. The maximum atomic E-state index is 14.0. The zero-order chi connectivity index (χ0) is 22.5. The first-order valence-corrected chi connectivity index (χ1v) is 11.4. The zero-order valence-corrected chi connectivity index (χ0v) is 18.4. The van der Waals surface area contributed by atoms with Crippen LogP contribution >= 0.6 is 0 Å². The van der Waals surface area contributed by atoms with Gasteiger partial charge in [0.2, 0.25) is 0 Å². The Morgan fingerprint density at radius 1 is 0.969 bits per heavy atom. The van der Waals surface area contributed by atoms with E-state index in [4.69, 9.17) is 0 Å². The monoisotopic (exact) mass is 436 g/mol. The molecular weight excluding hydrogens is 406 g/mol. The minimum Gasteiger partial charge on any atom is -0.375 e. The molecule has 0 bridgehead atoms. The van der Waals surface area contributed by atoms with Crippen molar-refractivity contribution in [1.82, 2.24) is 9.80 Å². The first-order chi connectivity index (χ1) is 15.5. The van der Waals surface area contributed by atoms with Crippen molar-refractivity contribution in [3.8, 4) is 0 Å². The molecule has 0 aliphatic carbocycles. The van der Waals surface area contributed by atoms with Gasteiger partial charge in [-0.25, -0.2) is 8.78 Å². The van der Waals surface area contributed by atoms with E-state index in [1.807, 2.05) is 12.1 Å². The molecule has 0 aromatic heterocycles. The van der Waals surface area contributed by atoms with Crippen molar-refractivity contribution in [3.05, 3.63) is 89.1 Å². The van der Waals surface area contributed by atoms with Gasteiger partial charge < -0.3 is 4.90 Å². The van der Waals surface area contributed by atoms with E-state index in [-0.39, 0.29) is 23.5 Å². The third-order valence-electron chi connectivity index (χ3n) is 6.56. The molecule has 0 N–H and O–H groups in total. The predicted molar refractivity (Wildman–Crippen MR) is 124 cm³/mol. The quantitative estimate of drug-likeness (QED) is 0.521. The second kappa shape index (κ2) is 10.2. The van der Waals surface area contributed by atoms with Gasteiger partial charge in [0.1, 0.15) is 11.6 Å². The Bertz CT molecular complexity index is 983. The van der Waals surface area contributed by atoms with E-state index in [0.717, 1.165) is 57.6 Å². The van der Waals surface area contributed by atoms with Gasteiger partial charge in [-0.05, 0) is 69.1 Å². The van der Waals surface area contributed by atoms with Crippen LogP contribution in [0.4, 0.5) is 8.78 Å². The highest BCUT2D eigenvalue weighted by Crippen LogP contribution is 2.27. The van der Waals surface area contributed by atoms with Crippen LogP contribution < -0.4 is 0 Å². The fourth-order valence-corrected chi connectivity index (χ4v) is 4.67. The Hall–Kier alpha value is -2.79. The molecule has 2 saturated heterocycles. The Morgan fingerprint density at radius 2 is 1.62 bits per heavy atom. The summed E-state index contributed by atoms with van der Waals surface area (Å²) in [4.78, 5) is 17.8. The average Bonchev–Trinajstić information content (AvgIpc) is 3.34. The summed E-state index contributed by atoms with van der Waals surface area (Å²) in [5, 5.41) is 0. The molecule has 1 atom stereocenters. The van der Waals surface area contributed by atoms with Gasteiger partial charge in [0.05, 0.1) is 6.04 Å². The van der Waals surface area contributed by atoms with Crippen LogP contribution in [-0.2, 0) is 0 Å². The summed E-state index contributed by atoms with van der Waals surface area (Å²) >= 11 is 0. The van der Waals surface area contributed by atoms with Crippen LogP contribution in [0.2, 0.25) is 0 Å². The largest absolute Gasteiger partial charge is 0.375 e. The Labute approximate surface area is 189 Å². The lowest BCUT2D eigenvalue weighted by Gasteiger charge is -2.35. The van der Waals surface area contributed by atoms with E-state index in [9.17, 15) is 13.6 Å². The SMILES string of the molecule is C=C(CC(C(=O)c1ccc(F)cc1)N1CCCC1)N1CCC(=Cc2ccccc2F)CC1. The second-order valence-corrected chi connectivity index (χ2v) is 8.71. The lowest BCUT2D eigenvalue weighted by Crippen LogP contribution is -2.42. The fourth-order valence-electron chi connectivity index (χ4n) is 4.67. The molecule has 2 aliphatic rings. The van der Waals surface area contributed by atoms with Gasteiger partial charge in [-0.1, -0.05) is 36.4 Å². The molecule has 2 heterocycles. The lowest BCUT2D eigenvalue weighted by molar-refractivity contribution is 0.0838. The number of nitrogens with zero attached hydrogens (tertiary/aromatic N) is 2. The van der Waals surface area contributed by atoms with Crippen molar-refractivity contribution in [2.24, 2.45) is 0 Å². The van der Waals surface area contributed by atoms with Crippen LogP contribution in [0.1, 0.15) is 48.0 Å². The Morgan fingerprint density at radius 3 is 2.28 bits per heavy atom. The van der Waals surface area contributed by atoms with E-state index in [0.29, 0.717) is 17.5 Å². The molecule has 168 valence electrons. The van der Waals surface area contributed by atoms with Gasteiger partial charge in [-0.15, -0.1) is 0 Å². The molecule has 0 radical (unpaired) electrons. The fraction of sp³-hybridized carbons (Fsp3) is 0.370. The number of carbonyl (C=O) groups is 1. The summed E-state index contributed by atoms with van der Waals surface area (Å²) in [5.41, 5.74) is 3.37. The Balaban J connectivity index is 1.41. The van der Waals surface area contributed by atoms with Gasteiger partial charge in [0.15, 0.2) is 5.78 Å².